The van der Waals surface area contributed by atoms with Crippen molar-refractivity contribution in [3.63, 3.8) is 0 Å². The molecule has 19 heavy (non-hydrogen) atoms. The summed E-state index contributed by atoms with van der Waals surface area (Å²) < 4.78 is 16.1. The molecule has 4 heteroatoms. The molecule has 0 radical (unpaired) electrons. The summed E-state index contributed by atoms with van der Waals surface area (Å²) in [5.41, 5.74) is 2.19. The normalized spacial score (nSPS) is 13.1. The Bertz CT molecular complexity index is 455. The lowest BCUT2D eigenvalue weighted by atomic mass is 10.1. The fraction of sp³-hybridized carbons (Fsp3) is 0.467. The third-order valence-corrected chi connectivity index (χ3v) is 3.23. The van der Waals surface area contributed by atoms with Crippen molar-refractivity contribution in [2.75, 3.05) is 28.4 Å². The highest BCUT2D eigenvalue weighted by Crippen LogP contribution is 2.40. The second-order valence-electron chi connectivity index (χ2n) is 4.32. The van der Waals surface area contributed by atoms with Crippen LogP contribution in [-0.2, 0) is 0 Å². The Labute approximate surface area is 115 Å². The number of ether oxygens (including phenoxy) is 3. The Kier molecular flexibility index (Phi) is 5.70. The van der Waals surface area contributed by atoms with Gasteiger partial charge in [-0.25, -0.2) is 0 Å². The molecule has 0 fully saturated rings. The van der Waals surface area contributed by atoms with E-state index in [1.54, 1.807) is 21.3 Å². The highest BCUT2D eigenvalue weighted by molar-refractivity contribution is 5.68. The predicted molar refractivity (Wildman–Crippen MR) is 78.3 cm³/mol. The molecule has 106 valence electrons. The summed E-state index contributed by atoms with van der Waals surface area (Å²) in [5.74, 6) is 1.96. The molecule has 0 aliphatic carbocycles. The molecular formula is C15H23NO3. The van der Waals surface area contributed by atoms with Crippen LogP contribution in [0.1, 0.15) is 19.4 Å². The Balaban J connectivity index is 3.29. The maximum atomic E-state index is 5.45. The van der Waals surface area contributed by atoms with Crippen LogP contribution < -0.4 is 19.5 Å². The van der Waals surface area contributed by atoms with Crippen LogP contribution in [0.25, 0.3) is 6.08 Å². The van der Waals surface area contributed by atoms with Crippen LogP contribution in [0.2, 0.25) is 0 Å². The minimum atomic E-state index is 0.304. The van der Waals surface area contributed by atoms with Crippen LogP contribution in [0.15, 0.2) is 17.7 Å². The van der Waals surface area contributed by atoms with E-state index in [9.17, 15) is 0 Å². The zero-order valence-electron chi connectivity index (χ0n) is 12.5. The Morgan fingerprint density at radius 1 is 1.11 bits per heavy atom. The highest BCUT2D eigenvalue weighted by Gasteiger charge is 2.15. The van der Waals surface area contributed by atoms with Crippen LogP contribution in [0.5, 0.6) is 17.2 Å². The average molecular weight is 265 g/mol. The van der Waals surface area contributed by atoms with Crippen LogP contribution in [0, 0.1) is 0 Å². The fourth-order valence-corrected chi connectivity index (χ4v) is 1.84. The van der Waals surface area contributed by atoms with Crippen LogP contribution >= 0.6 is 0 Å². The molecule has 1 N–H and O–H groups in total. The summed E-state index contributed by atoms with van der Waals surface area (Å²) in [4.78, 5) is 0. The van der Waals surface area contributed by atoms with Gasteiger partial charge in [-0.05, 0) is 33.0 Å². The van der Waals surface area contributed by atoms with Gasteiger partial charge in [0, 0.05) is 11.6 Å². The summed E-state index contributed by atoms with van der Waals surface area (Å²) in [6.07, 6.45) is 2.09. The smallest absolute Gasteiger partial charge is 0.203 e. The molecule has 0 amide bonds. The lowest BCUT2D eigenvalue weighted by Gasteiger charge is -2.16. The second-order valence-corrected chi connectivity index (χ2v) is 4.32. The van der Waals surface area contributed by atoms with E-state index in [0.29, 0.717) is 23.3 Å². The zero-order valence-corrected chi connectivity index (χ0v) is 12.5. The first-order chi connectivity index (χ1) is 9.08. The van der Waals surface area contributed by atoms with Gasteiger partial charge >= 0.3 is 0 Å². The Hall–Kier alpha value is -1.68. The van der Waals surface area contributed by atoms with E-state index < -0.39 is 0 Å². The fourth-order valence-electron chi connectivity index (χ4n) is 1.84. The van der Waals surface area contributed by atoms with Crippen molar-refractivity contribution >= 4 is 6.08 Å². The Morgan fingerprint density at radius 2 is 1.74 bits per heavy atom. The van der Waals surface area contributed by atoms with Crippen molar-refractivity contribution in [3.8, 4) is 17.2 Å². The standard InChI is InChI=1S/C15H23NO3/c1-10(11(2)16-3)9-12-7-8-13(17-4)15(19-6)14(12)18-5/h7-9,11,16H,1-6H3/b10-9+. The van der Waals surface area contributed by atoms with Gasteiger partial charge in [-0.15, -0.1) is 0 Å². The number of rotatable bonds is 6. The number of hydrogen-bond donors (Lipinski definition) is 1. The van der Waals surface area contributed by atoms with Gasteiger partial charge in [-0.2, -0.15) is 0 Å². The molecule has 4 nitrogen and oxygen atoms in total. The largest absolute Gasteiger partial charge is 0.493 e. The molecule has 1 rings (SSSR count). The zero-order chi connectivity index (χ0) is 14.4. The minimum absolute atomic E-state index is 0.304. The number of likely N-dealkylation sites (N-methyl/N-ethyl adjacent to an activating group) is 1. The summed E-state index contributed by atoms with van der Waals surface area (Å²) in [6.45, 7) is 4.19. The first kappa shape index (κ1) is 15.4. The quantitative estimate of drug-likeness (QED) is 0.858. The molecule has 0 aliphatic rings. The van der Waals surface area contributed by atoms with E-state index in [-0.39, 0.29) is 0 Å². The third kappa shape index (κ3) is 3.41. The van der Waals surface area contributed by atoms with E-state index in [1.165, 1.54) is 5.57 Å². The lowest BCUT2D eigenvalue weighted by molar-refractivity contribution is 0.324. The second kappa shape index (κ2) is 7.04. The van der Waals surface area contributed by atoms with Gasteiger partial charge in [0.1, 0.15) is 0 Å². The molecule has 0 bridgehead atoms. The van der Waals surface area contributed by atoms with Gasteiger partial charge in [0.15, 0.2) is 11.5 Å². The molecule has 0 aromatic heterocycles. The molecule has 1 aromatic carbocycles. The van der Waals surface area contributed by atoms with E-state index >= 15 is 0 Å². The van der Waals surface area contributed by atoms with Crippen molar-refractivity contribution in [2.24, 2.45) is 0 Å². The monoisotopic (exact) mass is 265 g/mol. The maximum Gasteiger partial charge on any atom is 0.203 e. The summed E-state index contributed by atoms with van der Waals surface area (Å²) in [7, 11) is 6.79. The van der Waals surface area contributed by atoms with E-state index in [4.69, 9.17) is 14.2 Å². The van der Waals surface area contributed by atoms with Crippen LogP contribution in [0.4, 0.5) is 0 Å². The predicted octanol–water partition coefficient (Wildman–Crippen LogP) is 2.72. The highest BCUT2D eigenvalue weighted by atomic mass is 16.5. The molecule has 1 unspecified atom stereocenters. The summed E-state index contributed by atoms with van der Waals surface area (Å²) in [6, 6.07) is 4.15. The first-order valence-electron chi connectivity index (χ1n) is 6.23. The minimum Gasteiger partial charge on any atom is -0.493 e. The third-order valence-electron chi connectivity index (χ3n) is 3.23. The first-order valence-corrected chi connectivity index (χ1v) is 6.23. The van der Waals surface area contributed by atoms with Gasteiger partial charge in [-0.1, -0.05) is 11.6 Å². The topological polar surface area (TPSA) is 39.7 Å². The Morgan fingerprint density at radius 3 is 2.21 bits per heavy atom. The van der Waals surface area contributed by atoms with Gasteiger partial charge in [0.05, 0.1) is 21.3 Å². The maximum absolute atomic E-state index is 5.45. The number of methoxy groups -OCH3 is 3. The van der Waals surface area contributed by atoms with Gasteiger partial charge < -0.3 is 19.5 Å². The van der Waals surface area contributed by atoms with Crippen LogP contribution in [-0.4, -0.2) is 34.4 Å². The van der Waals surface area contributed by atoms with E-state index in [0.717, 1.165) is 5.56 Å². The van der Waals surface area contributed by atoms with Crippen LogP contribution in [0.3, 0.4) is 0 Å². The van der Waals surface area contributed by atoms with Gasteiger partial charge in [0.2, 0.25) is 5.75 Å². The van der Waals surface area contributed by atoms with E-state index in [2.05, 4.69) is 25.2 Å². The number of benzene rings is 1. The molecule has 1 atom stereocenters. The molecule has 0 spiro atoms. The summed E-state index contributed by atoms with van der Waals surface area (Å²) in [5, 5.41) is 3.21. The SMILES string of the molecule is CNC(C)/C(C)=C/c1ccc(OC)c(OC)c1OC. The molecule has 0 heterocycles. The number of hydrogen-bond acceptors (Lipinski definition) is 4. The van der Waals surface area contributed by atoms with Gasteiger partial charge in [0.25, 0.3) is 0 Å². The summed E-state index contributed by atoms with van der Waals surface area (Å²) >= 11 is 0. The van der Waals surface area contributed by atoms with Gasteiger partial charge in [-0.3, -0.25) is 0 Å². The molecule has 0 saturated carbocycles. The molecule has 0 aliphatic heterocycles. The van der Waals surface area contributed by atoms with Crippen molar-refractivity contribution in [1.29, 1.82) is 0 Å². The molecule has 0 saturated heterocycles. The van der Waals surface area contributed by atoms with Crippen molar-refractivity contribution in [1.82, 2.24) is 5.32 Å². The molecule has 1 aromatic rings. The van der Waals surface area contributed by atoms with E-state index in [1.807, 2.05) is 19.2 Å². The number of nitrogens with one attached hydrogen (secondary N) is 1. The average Bonchev–Trinajstić information content (AvgIpc) is 2.45. The van der Waals surface area contributed by atoms with Crippen molar-refractivity contribution in [3.05, 3.63) is 23.3 Å². The van der Waals surface area contributed by atoms with Crippen molar-refractivity contribution in [2.45, 2.75) is 19.9 Å². The molecular weight excluding hydrogens is 242 g/mol. The van der Waals surface area contributed by atoms with Crippen molar-refractivity contribution < 1.29 is 14.2 Å². The lowest BCUT2D eigenvalue weighted by Crippen LogP contribution is -2.22.